The standard InChI is InChI=1S/C27H28N2O3S/c1-19(30)21-11-7-14-23(17-21)29(25(31)18-24-15-8-16-33-24)26(20-9-3-2-4-10-20)27(32)28-22-12-5-6-13-22/h2-4,7-11,14-17,22,26H,5-6,12-13,18H2,1H3,(H,28,32)/t26-/m1/s1. The second-order valence-electron chi connectivity index (χ2n) is 8.43. The van der Waals surface area contributed by atoms with Crippen LogP contribution in [0.5, 0.6) is 0 Å². The van der Waals surface area contributed by atoms with Crippen LogP contribution >= 0.6 is 11.3 Å². The number of ketones is 1. The van der Waals surface area contributed by atoms with Gasteiger partial charge in [0.15, 0.2) is 5.78 Å². The van der Waals surface area contributed by atoms with Gasteiger partial charge in [0.05, 0.1) is 6.42 Å². The van der Waals surface area contributed by atoms with Gasteiger partial charge in [-0.05, 0) is 48.9 Å². The average molecular weight is 461 g/mol. The molecule has 0 saturated heterocycles. The summed E-state index contributed by atoms with van der Waals surface area (Å²) in [5, 5.41) is 5.12. The first-order chi connectivity index (χ1) is 16.0. The Morgan fingerprint density at radius 2 is 1.76 bits per heavy atom. The lowest BCUT2D eigenvalue weighted by Crippen LogP contribution is -2.46. The first kappa shape index (κ1) is 22.9. The van der Waals surface area contributed by atoms with Crippen LogP contribution < -0.4 is 10.2 Å². The van der Waals surface area contributed by atoms with Crippen molar-refractivity contribution in [2.45, 2.75) is 51.1 Å². The Balaban J connectivity index is 1.77. The van der Waals surface area contributed by atoms with Gasteiger partial charge in [-0.15, -0.1) is 11.3 Å². The SMILES string of the molecule is CC(=O)c1cccc(N(C(=O)Cc2cccs2)[C@@H](C(=O)NC2CCCC2)c2ccccc2)c1. The summed E-state index contributed by atoms with van der Waals surface area (Å²) in [6, 6.07) is 19.5. The Morgan fingerprint density at radius 3 is 2.42 bits per heavy atom. The fourth-order valence-electron chi connectivity index (χ4n) is 4.36. The van der Waals surface area contributed by atoms with Crippen LogP contribution in [0.2, 0.25) is 0 Å². The molecule has 2 aromatic carbocycles. The summed E-state index contributed by atoms with van der Waals surface area (Å²) in [5.41, 5.74) is 1.78. The number of benzene rings is 2. The fourth-order valence-corrected chi connectivity index (χ4v) is 5.06. The van der Waals surface area contributed by atoms with E-state index in [1.54, 1.807) is 29.2 Å². The maximum absolute atomic E-state index is 13.7. The largest absolute Gasteiger partial charge is 0.351 e. The van der Waals surface area contributed by atoms with Gasteiger partial charge in [0, 0.05) is 22.2 Å². The molecule has 1 fully saturated rings. The van der Waals surface area contributed by atoms with Crippen molar-refractivity contribution in [3.8, 4) is 0 Å². The Morgan fingerprint density at radius 1 is 1.00 bits per heavy atom. The number of hydrogen-bond acceptors (Lipinski definition) is 4. The van der Waals surface area contributed by atoms with Crippen LogP contribution in [-0.4, -0.2) is 23.6 Å². The van der Waals surface area contributed by atoms with Crippen LogP contribution in [0.25, 0.3) is 0 Å². The second-order valence-corrected chi connectivity index (χ2v) is 9.46. The highest BCUT2D eigenvalue weighted by molar-refractivity contribution is 7.10. The second kappa shape index (κ2) is 10.6. The van der Waals surface area contributed by atoms with E-state index in [4.69, 9.17) is 0 Å². The third-order valence-electron chi connectivity index (χ3n) is 6.03. The molecule has 0 radical (unpaired) electrons. The molecule has 0 unspecified atom stereocenters. The van der Waals surface area contributed by atoms with Crippen LogP contribution in [-0.2, 0) is 16.0 Å². The van der Waals surface area contributed by atoms with E-state index < -0.39 is 6.04 Å². The molecule has 3 aromatic rings. The molecule has 1 atom stereocenters. The predicted octanol–water partition coefficient (Wildman–Crippen LogP) is 5.33. The first-order valence-corrected chi connectivity index (χ1v) is 12.2. The molecule has 5 nitrogen and oxygen atoms in total. The van der Waals surface area contributed by atoms with Crippen molar-refractivity contribution < 1.29 is 14.4 Å². The summed E-state index contributed by atoms with van der Waals surface area (Å²) in [4.78, 5) is 41.9. The molecule has 1 aliphatic rings. The molecule has 170 valence electrons. The van der Waals surface area contributed by atoms with Crippen molar-refractivity contribution >= 4 is 34.6 Å². The summed E-state index contributed by atoms with van der Waals surface area (Å²) in [6.07, 6.45) is 4.29. The maximum Gasteiger partial charge on any atom is 0.248 e. The van der Waals surface area contributed by atoms with E-state index in [0.717, 1.165) is 36.1 Å². The maximum atomic E-state index is 13.7. The van der Waals surface area contributed by atoms with Gasteiger partial charge in [0.2, 0.25) is 11.8 Å². The Kier molecular flexibility index (Phi) is 7.35. The summed E-state index contributed by atoms with van der Waals surface area (Å²) in [7, 11) is 0. The number of carbonyl (C=O) groups is 3. The topological polar surface area (TPSA) is 66.5 Å². The number of nitrogens with one attached hydrogen (secondary N) is 1. The highest BCUT2D eigenvalue weighted by Crippen LogP contribution is 2.31. The van der Waals surface area contributed by atoms with E-state index in [9.17, 15) is 14.4 Å². The zero-order valence-electron chi connectivity index (χ0n) is 18.7. The summed E-state index contributed by atoms with van der Waals surface area (Å²) >= 11 is 1.51. The third kappa shape index (κ3) is 5.57. The van der Waals surface area contributed by atoms with Crippen molar-refractivity contribution in [3.63, 3.8) is 0 Å². The molecule has 0 bridgehead atoms. The predicted molar refractivity (Wildman–Crippen MR) is 132 cm³/mol. The average Bonchev–Trinajstić information content (AvgIpc) is 3.52. The van der Waals surface area contributed by atoms with Crippen molar-refractivity contribution in [1.82, 2.24) is 5.32 Å². The molecular formula is C27H28N2O3S. The minimum absolute atomic E-state index is 0.0887. The smallest absolute Gasteiger partial charge is 0.248 e. The van der Waals surface area contributed by atoms with Crippen molar-refractivity contribution in [3.05, 3.63) is 88.1 Å². The van der Waals surface area contributed by atoms with Crippen LogP contribution in [0, 0.1) is 0 Å². The zero-order chi connectivity index (χ0) is 23.2. The van der Waals surface area contributed by atoms with Crippen LogP contribution in [0.15, 0.2) is 72.1 Å². The molecule has 1 aromatic heterocycles. The summed E-state index contributed by atoms with van der Waals surface area (Å²) in [5.74, 6) is -0.469. The number of carbonyl (C=O) groups excluding carboxylic acids is 3. The van der Waals surface area contributed by atoms with Gasteiger partial charge in [-0.1, -0.05) is 61.4 Å². The number of thiophene rings is 1. The van der Waals surface area contributed by atoms with E-state index >= 15 is 0 Å². The highest BCUT2D eigenvalue weighted by atomic mass is 32.1. The number of nitrogens with zero attached hydrogens (tertiary/aromatic N) is 1. The Labute approximate surface area is 198 Å². The van der Waals surface area contributed by atoms with E-state index in [2.05, 4.69) is 5.32 Å². The van der Waals surface area contributed by atoms with Gasteiger partial charge in [0.25, 0.3) is 0 Å². The first-order valence-electron chi connectivity index (χ1n) is 11.3. The molecule has 1 saturated carbocycles. The van der Waals surface area contributed by atoms with Gasteiger partial charge in [-0.2, -0.15) is 0 Å². The molecule has 1 N–H and O–H groups in total. The van der Waals surface area contributed by atoms with Crippen LogP contribution in [0.1, 0.15) is 59.4 Å². The van der Waals surface area contributed by atoms with Gasteiger partial charge in [0.1, 0.15) is 6.04 Å². The van der Waals surface area contributed by atoms with Crippen molar-refractivity contribution in [2.24, 2.45) is 0 Å². The third-order valence-corrected chi connectivity index (χ3v) is 6.90. The molecule has 1 aliphatic carbocycles. The van der Waals surface area contributed by atoms with E-state index in [-0.39, 0.29) is 30.1 Å². The minimum atomic E-state index is -0.832. The fraction of sp³-hybridized carbons (Fsp3) is 0.296. The van der Waals surface area contributed by atoms with Crippen molar-refractivity contribution in [1.29, 1.82) is 0 Å². The molecule has 33 heavy (non-hydrogen) atoms. The van der Waals surface area contributed by atoms with E-state index in [1.165, 1.54) is 18.3 Å². The normalized spacial score (nSPS) is 14.6. The zero-order valence-corrected chi connectivity index (χ0v) is 19.5. The van der Waals surface area contributed by atoms with Gasteiger partial charge < -0.3 is 5.32 Å². The molecule has 0 spiro atoms. The van der Waals surface area contributed by atoms with Gasteiger partial charge in [-0.25, -0.2) is 0 Å². The summed E-state index contributed by atoms with van der Waals surface area (Å²) < 4.78 is 0. The van der Waals surface area contributed by atoms with Crippen LogP contribution in [0.3, 0.4) is 0 Å². The summed E-state index contributed by atoms with van der Waals surface area (Å²) in [6.45, 7) is 1.50. The molecule has 2 amide bonds. The van der Waals surface area contributed by atoms with E-state index in [1.807, 2.05) is 47.8 Å². The molecule has 0 aliphatic heterocycles. The molecular weight excluding hydrogens is 432 g/mol. The quantitative estimate of drug-likeness (QED) is 0.462. The molecule has 4 rings (SSSR count). The highest BCUT2D eigenvalue weighted by Gasteiger charge is 2.34. The van der Waals surface area contributed by atoms with Crippen molar-refractivity contribution in [2.75, 3.05) is 4.90 Å². The number of Topliss-reactive ketones (excluding diaryl/α,β-unsaturated/α-hetero) is 1. The molecule has 6 heteroatoms. The lowest BCUT2D eigenvalue weighted by Gasteiger charge is -2.32. The number of hydrogen-bond donors (Lipinski definition) is 1. The number of anilines is 1. The monoisotopic (exact) mass is 460 g/mol. The van der Waals surface area contributed by atoms with E-state index in [0.29, 0.717) is 11.3 Å². The van der Waals surface area contributed by atoms with Gasteiger partial charge in [-0.3, -0.25) is 19.3 Å². The molecule has 1 heterocycles. The lowest BCUT2D eigenvalue weighted by molar-refractivity contribution is -0.127. The number of amides is 2. The Hall–Kier alpha value is -3.25. The van der Waals surface area contributed by atoms with Crippen LogP contribution in [0.4, 0.5) is 5.69 Å². The minimum Gasteiger partial charge on any atom is -0.351 e. The van der Waals surface area contributed by atoms with Gasteiger partial charge >= 0.3 is 0 Å². The Bertz CT molecular complexity index is 1110. The lowest BCUT2D eigenvalue weighted by atomic mass is 10.0. The number of rotatable bonds is 8.